The monoisotopic (exact) mass is 568 g/mol. The van der Waals surface area contributed by atoms with E-state index in [2.05, 4.69) is 13.8 Å². The first-order valence-corrected chi connectivity index (χ1v) is 14.9. The SMILES string of the molecule is CCCCCCCCCCCC(N)=O.CCCCCCCCCCCC(N)=O.NC(=O)CC[C@H](N)C(=O)O.[H-].[Na+]. The van der Waals surface area contributed by atoms with Gasteiger partial charge in [0, 0.05) is 19.3 Å². The van der Waals surface area contributed by atoms with Crippen molar-refractivity contribution in [1.82, 2.24) is 0 Å². The number of carbonyl (C=O) groups is 4. The van der Waals surface area contributed by atoms with Crippen LogP contribution in [0.3, 0.4) is 0 Å². The molecule has 9 N–H and O–H groups in total. The van der Waals surface area contributed by atoms with Gasteiger partial charge in [0.05, 0.1) is 0 Å². The molecular weight excluding hydrogens is 507 g/mol. The number of rotatable bonds is 24. The molecule has 0 heterocycles. The molecular formula is C29H61N4NaO5. The Hall–Kier alpha value is -1.16. The standard InChI is InChI=1S/2C12H25NO.C5H10N2O3.Na.H/c2*1-2-3-4-5-6-7-8-9-10-11-12(13)14;6-3(5(9)10)1-2-4(7)8;;/h2*2-11H2,1H3,(H2,13,14);3H,1-2,6H2,(H2,7,8)(H,9,10);;/q;;;+1;-1/t;;3-;;/m..0../s1. The molecule has 9 nitrogen and oxygen atoms in total. The minimum absolute atomic E-state index is 0. The molecule has 0 rings (SSSR count). The van der Waals surface area contributed by atoms with Crippen molar-refractivity contribution in [3.63, 3.8) is 0 Å². The molecule has 10 heteroatoms. The fourth-order valence-electron chi connectivity index (χ4n) is 3.64. The topological polar surface area (TPSA) is 193 Å². The number of carboxylic acid groups (broad SMARTS) is 1. The van der Waals surface area contributed by atoms with Crippen LogP contribution in [0, 0.1) is 0 Å². The second-order valence-corrected chi connectivity index (χ2v) is 10.0. The fourth-order valence-corrected chi connectivity index (χ4v) is 3.64. The van der Waals surface area contributed by atoms with Gasteiger partial charge in [-0.2, -0.15) is 0 Å². The largest absolute Gasteiger partial charge is 1.00 e. The van der Waals surface area contributed by atoms with Crippen molar-refractivity contribution in [2.24, 2.45) is 22.9 Å². The van der Waals surface area contributed by atoms with E-state index in [1.807, 2.05) is 0 Å². The predicted octanol–water partition coefficient (Wildman–Crippen LogP) is 2.57. The van der Waals surface area contributed by atoms with Gasteiger partial charge in [-0.15, -0.1) is 0 Å². The molecule has 0 aliphatic carbocycles. The number of carboxylic acids is 1. The number of amides is 3. The summed E-state index contributed by atoms with van der Waals surface area (Å²) in [6.45, 7) is 4.48. The Labute approximate surface area is 262 Å². The summed E-state index contributed by atoms with van der Waals surface area (Å²) in [5.41, 5.74) is 19.9. The predicted molar refractivity (Wildman–Crippen MR) is 157 cm³/mol. The van der Waals surface area contributed by atoms with Crippen LogP contribution in [0.25, 0.3) is 0 Å². The van der Waals surface area contributed by atoms with Crippen molar-refractivity contribution < 1.29 is 55.3 Å². The molecule has 228 valence electrons. The molecule has 0 bridgehead atoms. The van der Waals surface area contributed by atoms with E-state index < -0.39 is 17.9 Å². The first-order chi connectivity index (χ1) is 18.1. The van der Waals surface area contributed by atoms with Crippen molar-refractivity contribution in [1.29, 1.82) is 0 Å². The van der Waals surface area contributed by atoms with Gasteiger partial charge >= 0.3 is 35.5 Å². The molecule has 0 aliphatic heterocycles. The zero-order chi connectivity index (χ0) is 29.4. The van der Waals surface area contributed by atoms with Crippen LogP contribution in [0.15, 0.2) is 0 Å². The molecule has 0 aliphatic rings. The third-order valence-electron chi connectivity index (χ3n) is 6.07. The number of unbranched alkanes of at least 4 members (excludes halogenated alkanes) is 16. The Morgan fingerprint density at radius 2 is 0.795 bits per heavy atom. The molecule has 0 unspecified atom stereocenters. The van der Waals surface area contributed by atoms with E-state index in [1.165, 1.54) is 89.9 Å². The summed E-state index contributed by atoms with van der Waals surface area (Å²) in [5, 5.41) is 8.22. The number of aliphatic carboxylic acids is 1. The molecule has 0 aromatic heterocycles. The fraction of sp³-hybridized carbons (Fsp3) is 0.862. The van der Waals surface area contributed by atoms with Gasteiger partial charge in [0.25, 0.3) is 0 Å². The summed E-state index contributed by atoms with van der Waals surface area (Å²) in [7, 11) is 0. The maximum atomic E-state index is 10.4. The first kappa shape index (κ1) is 44.8. The van der Waals surface area contributed by atoms with Crippen LogP contribution >= 0.6 is 0 Å². The second-order valence-electron chi connectivity index (χ2n) is 10.0. The summed E-state index contributed by atoms with van der Waals surface area (Å²) in [5.74, 6) is -1.96. The summed E-state index contributed by atoms with van der Waals surface area (Å²) in [6.07, 6.45) is 24.3. The van der Waals surface area contributed by atoms with E-state index >= 15 is 0 Å². The minimum atomic E-state index is -1.11. The number of carbonyl (C=O) groups excluding carboxylic acids is 3. The average Bonchev–Trinajstić information content (AvgIpc) is 2.85. The third-order valence-corrected chi connectivity index (χ3v) is 6.07. The Morgan fingerprint density at radius 3 is 1.03 bits per heavy atom. The molecule has 0 aromatic carbocycles. The Morgan fingerprint density at radius 1 is 0.538 bits per heavy atom. The quantitative estimate of drug-likeness (QED) is 0.0877. The Bertz CT molecular complexity index is 555. The van der Waals surface area contributed by atoms with Crippen LogP contribution < -0.4 is 52.5 Å². The smallest absolute Gasteiger partial charge is 1.00 e. The number of primary amides is 3. The first-order valence-electron chi connectivity index (χ1n) is 14.9. The second kappa shape index (κ2) is 36.8. The van der Waals surface area contributed by atoms with E-state index in [0.717, 1.165) is 25.7 Å². The molecule has 3 amide bonds. The summed E-state index contributed by atoms with van der Waals surface area (Å²) in [6, 6.07) is -0.979. The molecule has 0 radical (unpaired) electrons. The molecule has 0 saturated heterocycles. The van der Waals surface area contributed by atoms with Crippen LogP contribution in [-0.4, -0.2) is 34.8 Å². The minimum Gasteiger partial charge on any atom is -1.00 e. The summed E-state index contributed by atoms with van der Waals surface area (Å²) in [4.78, 5) is 41.0. The maximum absolute atomic E-state index is 10.4. The van der Waals surface area contributed by atoms with Gasteiger partial charge in [-0.25, -0.2) is 0 Å². The Balaban J connectivity index is -0.000000152. The van der Waals surface area contributed by atoms with Crippen LogP contribution in [-0.2, 0) is 19.2 Å². The van der Waals surface area contributed by atoms with E-state index in [-0.39, 0.29) is 55.6 Å². The van der Waals surface area contributed by atoms with Crippen molar-refractivity contribution in [3.8, 4) is 0 Å². The number of hydrogen-bond donors (Lipinski definition) is 5. The average molecular weight is 569 g/mol. The molecule has 0 aromatic rings. The molecule has 0 fully saturated rings. The molecule has 0 saturated carbocycles. The van der Waals surface area contributed by atoms with Gasteiger partial charge in [-0.1, -0.05) is 117 Å². The van der Waals surface area contributed by atoms with Crippen LogP contribution in [0.4, 0.5) is 0 Å². The van der Waals surface area contributed by atoms with Crippen LogP contribution in [0.2, 0.25) is 0 Å². The van der Waals surface area contributed by atoms with Crippen molar-refractivity contribution >= 4 is 23.7 Å². The van der Waals surface area contributed by atoms with Crippen LogP contribution in [0.1, 0.15) is 157 Å². The molecule has 0 spiro atoms. The molecule has 39 heavy (non-hydrogen) atoms. The van der Waals surface area contributed by atoms with E-state index in [0.29, 0.717) is 12.8 Å². The van der Waals surface area contributed by atoms with Gasteiger partial charge in [0.1, 0.15) is 6.04 Å². The Kier molecular flexibility index (Phi) is 42.4. The van der Waals surface area contributed by atoms with Gasteiger partial charge in [0.15, 0.2) is 0 Å². The van der Waals surface area contributed by atoms with Gasteiger partial charge in [-0.05, 0) is 19.3 Å². The van der Waals surface area contributed by atoms with Crippen molar-refractivity contribution in [2.75, 3.05) is 0 Å². The number of hydrogen-bond acceptors (Lipinski definition) is 5. The van der Waals surface area contributed by atoms with Gasteiger partial charge < -0.3 is 29.5 Å². The maximum Gasteiger partial charge on any atom is 1.00 e. The summed E-state index contributed by atoms with van der Waals surface area (Å²) >= 11 is 0. The third kappa shape index (κ3) is 50.2. The van der Waals surface area contributed by atoms with Crippen molar-refractivity contribution in [3.05, 3.63) is 0 Å². The van der Waals surface area contributed by atoms with Gasteiger partial charge in [0.2, 0.25) is 17.7 Å². The van der Waals surface area contributed by atoms with E-state index in [9.17, 15) is 19.2 Å². The summed E-state index contributed by atoms with van der Waals surface area (Å²) < 4.78 is 0. The van der Waals surface area contributed by atoms with E-state index in [4.69, 9.17) is 28.0 Å². The van der Waals surface area contributed by atoms with Gasteiger partial charge in [-0.3, -0.25) is 19.2 Å². The van der Waals surface area contributed by atoms with E-state index in [1.54, 1.807) is 0 Å². The zero-order valence-electron chi connectivity index (χ0n) is 26.5. The normalized spacial score (nSPS) is 10.6. The number of nitrogens with two attached hydrogens (primary N) is 4. The zero-order valence-corrected chi connectivity index (χ0v) is 27.5. The molecule has 1 atom stereocenters. The van der Waals surface area contributed by atoms with Crippen molar-refractivity contribution in [2.45, 2.75) is 161 Å². The van der Waals surface area contributed by atoms with Crippen LogP contribution in [0.5, 0.6) is 0 Å².